The van der Waals surface area contributed by atoms with E-state index in [9.17, 15) is 0 Å². The lowest BCUT2D eigenvalue weighted by Crippen LogP contribution is -2.18. The molecule has 1 atom stereocenters. The molecule has 0 saturated heterocycles. The fourth-order valence-electron chi connectivity index (χ4n) is 2.60. The molecule has 1 N–H and O–H groups in total. The molecule has 1 unspecified atom stereocenters. The van der Waals surface area contributed by atoms with Gasteiger partial charge in [0.1, 0.15) is 5.01 Å². The van der Waals surface area contributed by atoms with Crippen LogP contribution in [-0.2, 0) is 19.4 Å². The van der Waals surface area contributed by atoms with E-state index in [1.807, 2.05) is 12.3 Å². The van der Waals surface area contributed by atoms with Gasteiger partial charge in [-0.2, -0.15) is 0 Å². The summed E-state index contributed by atoms with van der Waals surface area (Å²) in [7, 11) is 0. The van der Waals surface area contributed by atoms with Gasteiger partial charge in [0, 0.05) is 28.7 Å². The van der Waals surface area contributed by atoms with Crippen LogP contribution in [0.3, 0.4) is 0 Å². The van der Waals surface area contributed by atoms with Crippen molar-refractivity contribution < 1.29 is 0 Å². The van der Waals surface area contributed by atoms with Gasteiger partial charge in [-0.05, 0) is 42.5 Å². The molecule has 0 spiro atoms. The molecule has 0 amide bonds. The van der Waals surface area contributed by atoms with Gasteiger partial charge in [-0.15, -0.1) is 11.3 Å². The van der Waals surface area contributed by atoms with Gasteiger partial charge in [0.15, 0.2) is 0 Å². The minimum atomic E-state index is 0.446. The highest BCUT2D eigenvalue weighted by Gasteiger charge is 2.22. The molecule has 1 aliphatic carbocycles. The molecule has 3 rings (SSSR count). The second-order valence-corrected chi connectivity index (χ2v) is 6.53. The quantitative estimate of drug-likeness (QED) is 0.916. The Labute approximate surface area is 122 Å². The number of aromatic nitrogens is 1. The number of fused-ring (bicyclic) bond motifs is 1. The number of hydrogen-bond donors (Lipinski definition) is 1. The van der Waals surface area contributed by atoms with Crippen molar-refractivity contribution in [1.82, 2.24) is 10.3 Å². The zero-order valence-corrected chi connectivity index (χ0v) is 12.5. The van der Waals surface area contributed by atoms with Gasteiger partial charge in [-0.25, -0.2) is 4.98 Å². The van der Waals surface area contributed by atoms with Crippen LogP contribution in [-0.4, -0.2) is 4.98 Å². The molecule has 0 saturated carbocycles. The molecular formula is C15H17ClN2S. The molecule has 100 valence electrons. The van der Waals surface area contributed by atoms with E-state index < -0.39 is 0 Å². The number of benzene rings is 1. The molecule has 1 heterocycles. The Morgan fingerprint density at radius 3 is 3.16 bits per heavy atom. The van der Waals surface area contributed by atoms with Crippen LogP contribution in [0.5, 0.6) is 0 Å². The van der Waals surface area contributed by atoms with E-state index in [4.69, 9.17) is 11.6 Å². The number of nitrogens with one attached hydrogen (secondary N) is 1. The maximum Gasteiger partial charge on any atom is 0.107 e. The van der Waals surface area contributed by atoms with Crippen molar-refractivity contribution in [2.24, 2.45) is 0 Å². The Hall–Kier alpha value is -0.900. The van der Waals surface area contributed by atoms with Gasteiger partial charge in [-0.1, -0.05) is 24.6 Å². The normalized spacial score (nSPS) is 17.7. The van der Waals surface area contributed by atoms with Crippen LogP contribution in [0.25, 0.3) is 0 Å². The Balaban J connectivity index is 1.66. The monoisotopic (exact) mass is 292 g/mol. The molecule has 19 heavy (non-hydrogen) atoms. The third-order valence-corrected chi connectivity index (χ3v) is 5.01. The molecule has 0 aliphatic heterocycles. The summed E-state index contributed by atoms with van der Waals surface area (Å²) in [6, 6.07) is 6.68. The van der Waals surface area contributed by atoms with Crippen LogP contribution in [0.4, 0.5) is 0 Å². The number of aryl methyl sites for hydroxylation is 2. The minimum Gasteiger partial charge on any atom is -0.304 e. The summed E-state index contributed by atoms with van der Waals surface area (Å²) in [4.78, 5) is 5.81. The predicted molar refractivity (Wildman–Crippen MR) is 80.8 cm³/mol. The van der Waals surface area contributed by atoms with E-state index in [1.165, 1.54) is 21.0 Å². The largest absolute Gasteiger partial charge is 0.304 e. The van der Waals surface area contributed by atoms with Crippen molar-refractivity contribution >= 4 is 22.9 Å². The summed E-state index contributed by atoms with van der Waals surface area (Å²) >= 11 is 7.84. The van der Waals surface area contributed by atoms with Crippen LogP contribution >= 0.6 is 22.9 Å². The van der Waals surface area contributed by atoms with Crippen LogP contribution < -0.4 is 5.32 Å². The molecule has 4 heteroatoms. The van der Waals surface area contributed by atoms with Crippen molar-refractivity contribution in [3.63, 3.8) is 0 Å². The van der Waals surface area contributed by atoms with E-state index in [0.717, 1.165) is 30.8 Å². The first-order chi connectivity index (χ1) is 9.26. The first-order valence-electron chi connectivity index (χ1n) is 6.71. The third kappa shape index (κ3) is 2.83. The highest BCUT2D eigenvalue weighted by Crippen LogP contribution is 2.33. The maximum absolute atomic E-state index is 6.03. The molecule has 0 bridgehead atoms. The standard InChI is InChI=1S/C15H17ClN2S/c1-2-12-8-18-15(19-12)9-17-14-6-3-10-7-11(16)4-5-13(10)14/h4-5,7-8,14,17H,2-3,6,9H2,1H3. The van der Waals surface area contributed by atoms with Crippen LogP contribution in [0.2, 0.25) is 5.02 Å². The van der Waals surface area contributed by atoms with Crippen LogP contribution in [0.1, 0.15) is 40.4 Å². The lowest BCUT2D eigenvalue weighted by Gasteiger charge is -2.12. The van der Waals surface area contributed by atoms with E-state index in [1.54, 1.807) is 11.3 Å². The van der Waals surface area contributed by atoms with Gasteiger partial charge in [0.05, 0.1) is 0 Å². The summed E-state index contributed by atoms with van der Waals surface area (Å²) in [5.74, 6) is 0. The summed E-state index contributed by atoms with van der Waals surface area (Å²) in [5.41, 5.74) is 2.79. The molecular weight excluding hydrogens is 276 g/mol. The van der Waals surface area contributed by atoms with Crippen molar-refractivity contribution in [1.29, 1.82) is 0 Å². The molecule has 2 aromatic rings. The van der Waals surface area contributed by atoms with Crippen molar-refractivity contribution in [3.8, 4) is 0 Å². The second kappa shape index (κ2) is 5.61. The highest BCUT2D eigenvalue weighted by molar-refractivity contribution is 7.11. The second-order valence-electron chi connectivity index (χ2n) is 4.89. The van der Waals surface area contributed by atoms with E-state index in [2.05, 4.69) is 29.4 Å². The first kappa shape index (κ1) is 13.1. The maximum atomic E-state index is 6.03. The van der Waals surface area contributed by atoms with Crippen molar-refractivity contribution in [2.75, 3.05) is 0 Å². The van der Waals surface area contributed by atoms with E-state index >= 15 is 0 Å². The summed E-state index contributed by atoms with van der Waals surface area (Å²) in [6.45, 7) is 3.03. The molecule has 1 aliphatic rings. The average Bonchev–Trinajstić information content (AvgIpc) is 3.02. The van der Waals surface area contributed by atoms with Gasteiger partial charge in [0.2, 0.25) is 0 Å². The van der Waals surface area contributed by atoms with E-state index in [-0.39, 0.29) is 0 Å². The Morgan fingerprint density at radius 2 is 2.37 bits per heavy atom. The number of halogens is 1. The SMILES string of the molecule is CCc1cnc(CNC2CCc3cc(Cl)ccc32)s1. The Bertz CT molecular complexity index is 579. The number of nitrogens with zero attached hydrogens (tertiary/aromatic N) is 1. The Kier molecular flexibility index (Phi) is 3.87. The summed E-state index contributed by atoms with van der Waals surface area (Å²) < 4.78 is 0. The predicted octanol–water partition coefficient (Wildman–Crippen LogP) is 4.14. The van der Waals surface area contributed by atoms with Crippen LogP contribution in [0, 0.1) is 0 Å². The molecule has 1 aromatic carbocycles. The summed E-state index contributed by atoms with van der Waals surface area (Å²) in [6.07, 6.45) is 5.33. The highest BCUT2D eigenvalue weighted by atomic mass is 35.5. The van der Waals surface area contributed by atoms with E-state index in [0.29, 0.717) is 6.04 Å². The zero-order chi connectivity index (χ0) is 13.2. The van der Waals surface area contributed by atoms with Gasteiger partial charge in [-0.3, -0.25) is 0 Å². The lowest BCUT2D eigenvalue weighted by atomic mass is 10.1. The topological polar surface area (TPSA) is 24.9 Å². The number of rotatable bonds is 4. The average molecular weight is 293 g/mol. The van der Waals surface area contributed by atoms with Crippen molar-refractivity contribution in [3.05, 3.63) is 50.4 Å². The molecule has 0 fully saturated rings. The number of hydrogen-bond acceptors (Lipinski definition) is 3. The minimum absolute atomic E-state index is 0.446. The van der Waals surface area contributed by atoms with Gasteiger partial charge in [0.25, 0.3) is 0 Å². The fourth-order valence-corrected chi connectivity index (χ4v) is 3.61. The fraction of sp³-hybridized carbons (Fsp3) is 0.400. The zero-order valence-electron chi connectivity index (χ0n) is 10.9. The Morgan fingerprint density at radius 1 is 1.47 bits per heavy atom. The summed E-state index contributed by atoms with van der Waals surface area (Å²) in [5, 5.41) is 5.64. The van der Waals surface area contributed by atoms with Gasteiger partial charge < -0.3 is 5.32 Å². The number of thiazole rings is 1. The molecule has 1 aromatic heterocycles. The molecule has 2 nitrogen and oxygen atoms in total. The lowest BCUT2D eigenvalue weighted by molar-refractivity contribution is 0.529. The first-order valence-corrected chi connectivity index (χ1v) is 7.91. The van der Waals surface area contributed by atoms with Gasteiger partial charge >= 0.3 is 0 Å². The third-order valence-electron chi connectivity index (χ3n) is 3.63. The van der Waals surface area contributed by atoms with Crippen molar-refractivity contribution in [2.45, 2.75) is 38.8 Å². The van der Waals surface area contributed by atoms with Crippen LogP contribution in [0.15, 0.2) is 24.4 Å². The smallest absolute Gasteiger partial charge is 0.107 e. The molecule has 0 radical (unpaired) electrons.